The number of thioether (sulfide) groups is 1. The van der Waals surface area contributed by atoms with Crippen molar-refractivity contribution in [1.82, 2.24) is 25.1 Å². The van der Waals surface area contributed by atoms with Gasteiger partial charge in [-0.05, 0) is 37.1 Å². The van der Waals surface area contributed by atoms with Crippen LogP contribution in [0.25, 0.3) is 11.4 Å². The zero-order valence-electron chi connectivity index (χ0n) is 14.9. The van der Waals surface area contributed by atoms with Crippen LogP contribution in [0.4, 0.5) is 4.39 Å². The molecule has 8 heteroatoms. The summed E-state index contributed by atoms with van der Waals surface area (Å²) in [5, 5.41) is 11.9. The second kappa shape index (κ2) is 9.27. The molecule has 0 spiro atoms. The maximum absolute atomic E-state index is 13.6. The Morgan fingerprint density at radius 3 is 2.70 bits per heavy atom. The van der Waals surface area contributed by atoms with E-state index in [1.807, 2.05) is 23.6 Å². The Morgan fingerprint density at radius 2 is 1.96 bits per heavy atom. The van der Waals surface area contributed by atoms with Gasteiger partial charge in [-0.3, -0.25) is 9.78 Å². The smallest absolute Gasteiger partial charge is 0.230 e. The molecule has 1 N–H and O–H groups in total. The first-order valence-electron chi connectivity index (χ1n) is 8.65. The summed E-state index contributed by atoms with van der Waals surface area (Å²) in [6, 6.07) is 10.3. The summed E-state index contributed by atoms with van der Waals surface area (Å²) < 4.78 is 15.5. The highest BCUT2D eigenvalue weighted by molar-refractivity contribution is 7.99. The quantitative estimate of drug-likeness (QED) is 0.604. The zero-order chi connectivity index (χ0) is 19.1. The van der Waals surface area contributed by atoms with E-state index in [2.05, 4.69) is 20.5 Å². The molecular formula is C19H20FN5OS. The molecule has 6 nitrogen and oxygen atoms in total. The molecule has 0 saturated heterocycles. The minimum atomic E-state index is -0.249. The van der Waals surface area contributed by atoms with Crippen LogP contribution in [0, 0.1) is 5.82 Å². The molecule has 0 saturated carbocycles. The summed E-state index contributed by atoms with van der Waals surface area (Å²) >= 11 is 1.33. The van der Waals surface area contributed by atoms with E-state index in [4.69, 9.17) is 0 Å². The van der Waals surface area contributed by atoms with Gasteiger partial charge >= 0.3 is 0 Å². The molecule has 3 rings (SSSR count). The Bertz CT molecular complexity index is 900. The molecule has 0 bridgehead atoms. The first-order valence-corrected chi connectivity index (χ1v) is 9.64. The molecule has 0 aliphatic rings. The van der Waals surface area contributed by atoms with Crippen LogP contribution >= 0.6 is 11.8 Å². The monoisotopic (exact) mass is 385 g/mol. The maximum atomic E-state index is 13.6. The number of hydrogen-bond donors (Lipinski definition) is 1. The normalized spacial score (nSPS) is 10.7. The standard InChI is InChI=1S/C19H20FN5OS/c1-2-25-18(15-7-10-21-11-8-15)23-24-19(25)27-13-17(26)22-12-9-14-5-3-4-6-16(14)20/h3-8,10-11H,2,9,12-13H2,1H3,(H,22,26). The molecule has 1 amide bonds. The average Bonchev–Trinajstić information content (AvgIpc) is 3.11. The Kier molecular flexibility index (Phi) is 6.54. The van der Waals surface area contributed by atoms with Crippen LogP contribution in [-0.4, -0.2) is 38.0 Å². The van der Waals surface area contributed by atoms with E-state index >= 15 is 0 Å². The molecule has 0 aliphatic heterocycles. The number of aromatic nitrogens is 4. The number of nitrogens with zero attached hydrogens (tertiary/aromatic N) is 4. The largest absolute Gasteiger partial charge is 0.355 e. The molecule has 3 aromatic rings. The van der Waals surface area contributed by atoms with Crippen molar-refractivity contribution >= 4 is 17.7 Å². The third-order valence-electron chi connectivity index (χ3n) is 3.98. The minimum Gasteiger partial charge on any atom is -0.355 e. The molecule has 0 atom stereocenters. The minimum absolute atomic E-state index is 0.118. The van der Waals surface area contributed by atoms with E-state index in [1.54, 1.807) is 30.6 Å². The van der Waals surface area contributed by atoms with Gasteiger partial charge in [0.2, 0.25) is 5.91 Å². The van der Waals surface area contributed by atoms with E-state index in [0.29, 0.717) is 30.2 Å². The van der Waals surface area contributed by atoms with Gasteiger partial charge in [0, 0.05) is 31.0 Å². The third kappa shape index (κ3) is 4.91. The van der Waals surface area contributed by atoms with Crippen molar-refractivity contribution in [2.24, 2.45) is 0 Å². The summed E-state index contributed by atoms with van der Waals surface area (Å²) in [7, 11) is 0. The lowest BCUT2D eigenvalue weighted by Gasteiger charge is -2.08. The van der Waals surface area contributed by atoms with E-state index < -0.39 is 0 Å². The van der Waals surface area contributed by atoms with Crippen LogP contribution < -0.4 is 5.32 Å². The number of benzene rings is 1. The summed E-state index contributed by atoms with van der Waals surface area (Å²) in [6.45, 7) is 3.09. The number of halogens is 1. The Morgan fingerprint density at radius 1 is 1.19 bits per heavy atom. The van der Waals surface area contributed by atoms with E-state index in [-0.39, 0.29) is 17.5 Å². The lowest BCUT2D eigenvalue weighted by atomic mass is 10.1. The SMILES string of the molecule is CCn1c(SCC(=O)NCCc2ccccc2F)nnc1-c1ccncc1. The van der Waals surface area contributed by atoms with E-state index in [9.17, 15) is 9.18 Å². The molecule has 1 aromatic carbocycles. The third-order valence-corrected chi connectivity index (χ3v) is 4.95. The molecular weight excluding hydrogens is 365 g/mol. The number of amides is 1. The fourth-order valence-corrected chi connectivity index (χ4v) is 3.45. The van der Waals surface area contributed by atoms with Crippen LogP contribution in [-0.2, 0) is 17.8 Å². The van der Waals surface area contributed by atoms with Crippen LogP contribution in [0.1, 0.15) is 12.5 Å². The lowest BCUT2D eigenvalue weighted by Crippen LogP contribution is -2.27. The Balaban J connectivity index is 1.53. The zero-order valence-corrected chi connectivity index (χ0v) is 15.7. The highest BCUT2D eigenvalue weighted by atomic mass is 32.2. The van der Waals surface area contributed by atoms with Crippen molar-refractivity contribution in [3.8, 4) is 11.4 Å². The molecule has 2 heterocycles. The van der Waals surface area contributed by atoms with Crippen LogP contribution in [0.3, 0.4) is 0 Å². The van der Waals surface area contributed by atoms with Gasteiger partial charge in [0.15, 0.2) is 11.0 Å². The van der Waals surface area contributed by atoms with Crippen molar-refractivity contribution in [2.75, 3.05) is 12.3 Å². The van der Waals surface area contributed by atoms with E-state index in [1.165, 1.54) is 17.8 Å². The maximum Gasteiger partial charge on any atom is 0.230 e. The van der Waals surface area contributed by atoms with Gasteiger partial charge in [0.05, 0.1) is 5.75 Å². The molecule has 140 valence electrons. The number of pyridine rings is 1. The van der Waals surface area contributed by atoms with Crippen molar-refractivity contribution < 1.29 is 9.18 Å². The van der Waals surface area contributed by atoms with Crippen molar-refractivity contribution in [3.05, 3.63) is 60.2 Å². The fourth-order valence-electron chi connectivity index (χ4n) is 2.61. The number of nitrogens with one attached hydrogen (secondary N) is 1. The summed E-state index contributed by atoms with van der Waals surface area (Å²) in [4.78, 5) is 16.1. The Labute approximate surface area is 161 Å². The van der Waals surface area contributed by atoms with Gasteiger partial charge in [-0.2, -0.15) is 0 Å². The van der Waals surface area contributed by atoms with Gasteiger partial charge in [0.25, 0.3) is 0 Å². The van der Waals surface area contributed by atoms with Gasteiger partial charge in [-0.15, -0.1) is 10.2 Å². The number of carbonyl (C=O) groups is 1. The lowest BCUT2D eigenvalue weighted by molar-refractivity contribution is -0.118. The second-order valence-corrected chi connectivity index (χ2v) is 6.71. The van der Waals surface area contributed by atoms with Crippen LogP contribution in [0.2, 0.25) is 0 Å². The van der Waals surface area contributed by atoms with E-state index in [0.717, 1.165) is 11.4 Å². The van der Waals surface area contributed by atoms with Gasteiger partial charge in [0.1, 0.15) is 5.82 Å². The first-order chi connectivity index (χ1) is 13.2. The fraction of sp³-hybridized carbons (Fsp3) is 0.263. The first kappa shape index (κ1) is 19.0. The van der Waals surface area contributed by atoms with Crippen LogP contribution in [0.15, 0.2) is 53.9 Å². The molecule has 0 fully saturated rings. The van der Waals surface area contributed by atoms with Crippen molar-refractivity contribution in [1.29, 1.82) is 0 Å². The molecule has 0 radical (unpaired) electrons. The van der Waals surface area contributed by atoms with Gasteiger partial charge in [-0.25, -0.2) is 4.39 Å². The molecule has 2 aromatic heterocycles. The number of rotatable bonds is 8. The Hall–Kier alpha value is -2.74. The number of carbonyl (C=O) groups excluding carboxylic acids is 1. The average molecular weight is 385 g/mol. The highest BCUT2D eigenvalue weighted by Gasteiger charge is 2.14. The predicted molar refractivity (Wildman–Crippen MR) is 103 cm³/mol. The summed E-state index contributed by atoms with van der Waals surface area (Å²) in [5.41, 5.74) is 1.53. The molecule has 0 unspecified atom stereocenters. The highest BCUT2D eigenvalue weighted by Crippen LogP contribution is 2.23. The number of hydrogen-bond acceptors (Lipinski definition) is 5. The molecule has 27 heavy (non-hydrogen) atoms. The van der Waals surface area contributed by atoms with Crippen LogP contribution in [0.5, 0.6) is 0 Å². The van der Waals surface area contributed by atoms with Gasteiger partial charge < -0.3 is 9.88 Å². The summed E-state index contributed by atoms with van der Waals surface area (Å²) in [5.74, 6) is 0.613. The van der Waals surface area contributed by atoms with Crippen molar-refractivity contribution in [2.45, 2.75) is 25.0 Å². The summed E-state index contributed by atoms with van der Waals surface area (Å²) in [6.07, 6.45) is 3.88. The van der Waals surface area contributed by atoms with Gasteiger partial charge in [-0.1, -0.05) is 30.0 Å². The topological polar surface area (TPSA) is 72.7 Å². The predicted octanol–water partition coefficient (Wildman–Crippen LogP) is 2.95. The molecule has 0 aliphatic carbocycles. The van der Waals surface area contributed by atoms with Crippen molar-refractivity contribution in [3.63, 3.8) is 0 Å². The second-order valence-electron chi connectivity index (χ2n) is 5.77.